The van der Waals surface area contributed by atoms with Gasteiger partial charge < -0.3 is 10.6 Å². The van der Waals surface area contributed by atoms with E-state index in [2.05, 4.69) is 12.2 Å². The molecule has 0 spiro atoms. The Labute approximate surface area is 136 Å². The number of hydrogen-bond acceptors (Lipinski definition) is 1. The van der Waals surface area contributed by atoms with Crippen LogP contribution in [-0.4, -0.2) is 12.5 Å². The predicted molar refractivity (Wildman–Crippen MR) is 89.7 cm³/mol. The molecule has 0 fully saturated rings. The zero-order valence-corrected chi connectivity index (χ0v) is 13.7. The summed E-state index contributed by atoms with van der Waals surface area (Å²) in [7, 11) is 0. The topological polar surface area (TPSA) is 45.7 Å². The van der Waals surface area contributed by atoms with Gasteiger partial charge in [0.15, 0.2) is 6.54 Å². The molecular formula is C18H22ClN2O+. The largest absolute Gasteiger partial charge is 0.345 e. The average molecular weight is 318 g/mol. The van der Waals surface area contributed by atoms with Gasteiger partial charge in [-0.05, 0) is 31.5 Å². The van der Waals surface area contributed by atoms with Crippen molar-refractivity contribution in [2.24, 2.45) is 0 Å². The molecule has 0 aliphatic carbocycles. The summed E-state index contributed by atoms with van der Waals surface area (Å²) in [6.45, 7) is 4.48. The third-order valence-electron chi connectivity index (χ3n) is 3.73. The Kier molecular flexibility index (Phi) is 5.99. The summed E-state index contributed by atoms with van der Waals surface area (Å²) in [5, 5.41) is 5.77. The normalized spacial score (nSPS) is 13.4. The summed E-state index contributed by atoms with van der Waals surface area (Å²) < 4.78 is 0. The Morgan fingerprint density at radius 3 is 2.32 bits per heavy atom. The minimum atomic E-state index is 0.0212. The second-order valence-corrected chi connectivity index (χ2v) is 5.92. The highest BCUT2D eigenvalue weighted by molar-refractivity contribution is 6.30. The third-order valence-corrected chi connectivity index (χ3v) is 3.98. The van der Waals surface area contributed by atoms with E-state index in [9.17, 15) is 4.79 Å². The lowest BCUT2D eigenvalue weighted by Crippen LogP contribution is -2.87. The van der Waals surface area contributed by atoms with Crippen LogP contribution in [0.4, 0.5) is 0 Å². The fourth-order valence-corrected chi connectivity index (χ4v) is 2.44. The first-order valence-electron chi connectivity index (χ1n) is 7.49. The highest BCUT2D eigenvalue weighted by atomic mass is 35.5. The van der Waals surface area contributed by atoms with Gasteiger partial charge in [0.25, 0.3) is 5.91 Å². The molecule has 0 bridgehead atoms. The van der Waals surface area contributed by atoms with Crippen LogP contribution < -0.4 is 10.6 Å². The SMILES string of the molecule is C[C@H](NC(=O)C[NH2+][C@@H](C)c1ccc(Cl)cc1)c1ccccc1. The standard InChI is InChI=1S/C18H21ClN2O/c1-13(16-8-10-17(19)11-9-16)20-12-18(22)21-14(2)15-6-4-3-5-7-15/h3-11,13-14,20H,12H2,1-2H3,(H,21,22)/p+1/t13-,14-/m0/s1. The van der Waals surface area contributed by atoms with Crippen molar-refractivity contribution in [2.45, 2.75) is 25.9 Å². The van der Waals surface area contributed by atoms with Gasteiger partial charge in [-0.2, -0.15) is 0 Å². The highest BCUT2D eigenvalue weighted by Crippen LogP contribution is 2.13. The lowest BCUT2D eigenvalue weighted by atomic mass is 10.1. The van der Waals surface area contributed by atoms with Gasteiger partial charge in [-0.25, -0.2) is 0 Å². The van der Waals surface area contributed by atoms with Crippen LogP contribution >= 0.6 is 11.6 Å². The third kappa shape index (κ3) is 4.86. The molecule has 0 aromatic heterocycles. The minimum absolute atomic E-state index is 0.0212. The van der Waals surface area contributed by atoms with Crippen molar-refractivity contribution in [1.82, 2.24) is 5.32 Å². The van der Waals surface area contributed by atoms with Gasteiger partial charge in [-0.1, -0.05) is 54.1 Å². The van der Waals surface area contributed by atoms with Crippen LogP contribution in [0.1, 0.15) is 37.1 Å². The molecule has 2 atom stereocenters. The molecule has 2 aromatic rings. The fraction of sp³-hybridized carbons (Fsp3) is 0.278. The van der Waals surface area contributed by atoms with Crippen molar-refractivity contribution in [3.8, 4) is 0 Å². The summed E-state index contributed by atoms with van der Waals surface area (Å²) in [6.07, 6.45) is 0. The fourth-order valence-electron chi connectivity index (χ4n) is 2.31. The number of amides is 1. The first-order chi connectivity index (χ1) is 10.6. The van der Waals surface area contributed by atoms with E-state index in [1.807, 2.05) is 66.8 Å². The van der Waals surface area contributed by atoms with Crippen molar-refractivity contribution in [2.75, 3.05) is 6.54 Å². The molecule has 0 aliphatic heterocycles. The van der Waals surface area contributed by atoms with Crippen molar-refractivity contribution < 1.29 is 10.1 Å². The van der Waals surface area contributed by atoms with E-state index in [0.717, 1.165) is 16.1 Å². The van der Waals surface area contributed by atoms with Crippen LogP contribution in [0, 0.1) is 0 Å². The molecule has 3 nitrogen and oxygen atoms in total. The van der Waals surface area contributed by atoms with Gasteiger partial charge in [0, 0.05) is 10.6 Å². The van der Waals surface area contributed by atoms with E-state index in [4.69, 9.17) is 11.6 Å². The smallest absolute Gasteiger partial charge is 0.275 e. The van der Waals surface area contributed by atoms with E-state index in [0.29, 0.717) is 6.54 Å². The highest BCUT2D eigenvalue weighted by Gasteiger charge is 2.13. The van der Waals surface area contributed by atoms with Crippen molar-refractivity contribution in [3.63, 3.8) is 0 Å². The lowest BCUT2D eigenvalue weighted by molar-refractivity contribution is -0.682. The second kappa shape index (κ2) is 7.97. The van der Waals surface area contributed by atoms with E-state index in [1.54, 1.807) is 0 Å². The van der Waals surface area contributed by atoms with Crippen LogP contribution in [0.3, 0.4) is 0 Å². The van der Waals surface area contributed by atoms with Gasteiger partial charge in [-0.3, -0.25) is 4.79 Å². The Balaban J connectivity index is 1.81. The van der Waals surface area contributed by atoms with Gasteiger partial charge in [0.05, 0.1) is 6.04 Å². The van der Waals surface area contributed by atoms with Crippen molar-refractivity contribution in [1.29, 1.82) is 0 Å². The first-order valence-corrected chi connectivity index (χ1v) is 7.87. The number of carbonyl (C=O) groups excluding carboxylic acids is 1. The molecule has 2 aromatic carbocycles. The maximum atomic E-state index is 12.1. The molecule has 0 saturated carbocycles. The molecule has 2 rings (SSSR count). The molecule has 116 valence electrons. The molecule has 0 radical (unpaired) electrons. The maximum absolute atomic E-state index is 12.1. The quantitative estimate of drug-likeness (QED) is 0.845. The Morgan fingerprint density at radius 2 is 1.68 bits per heavy atom. The number of nitrogens with two attached hydrogens (primary N) is 1. The number of carbonyl (C=O) groups is 1. The average Bonchev–Trinajstić information content (AvgIpc) is 2.54. The van der Waals surface area contributed by atoms with Crippen LogP contribution in [0.15, 0.2) is 54.6 Å². The summed E-state index contributed by atoms with van der Waals surface area (Å²) in [5.74, 6) is 0.0390. The molecule has 0 aliphatic rings. The maximum Gasteiger partial charge on any atom is 0.275 e. The van der Waals surface area contributed by atoms with Gasteiger partial charge in [-0.15, -0.1) is 0 Å². The molecule has 1 amide bonds. The van der Waals surface area contributed by atoms with E-state index >= 15 is 0 Å². The second-order valence-electron chi connectivity index (χ2n) is 5.48. The molecular weight excluding hydrogens is 296 g/mol. The Hall–Kier alpha value is -1.84. The van der Waals surface area contributed by atoms with Gasteiger partial charge in [0.1, 0.15) is 6.04 Å². The molecule has 0 saturated heterocycles. The van der Waals surface area contributed by atoms with Crippen molar-refractivity contribution in [3.05, 3.63) is 70.7 Å². The molecule has 22 heavy (non-hydrogen) atoms. The van der Waals surface area contributed by atoms with Crippen molar-refractivity contribution >= 4 is 17.5 Å². The first kappa shape index (κ1) is 16.5. The number of nitrogens with one attached hydrogen (secondary N) is 1. The lowest BCUT2D eigenvalue weighted by Gasteiger charge is -2.15. The Bertz CT molecular complexity index is 598. The number of benzene rings is 2. The van der Waals surface area contributed by atoms with Gasteiger partial charge >= 0.3 is 0 Å². The van der Waals surface area contributed by atoms with Crippen LogP contribution in [-0.2, 0) is 4.79 Å². The van der Waals surface area contributed by atoms with Gasteiger partial charge in [0.2, 0.25) is 0 Å². The summed E-state index contributed by atoms with van der Waals surface area (Å²) >= 11 is 5.89. The molecule has 0 unspecified atom stereocenters. The summed E-state index contributed by atoms with van der Waals surface area (Å²) in [6, 6.07) is 17.9. The van der Waals surface area contributed by atoms with E-state index in [1.165, 1.54) is 0 Å². The number of hydrogen-bond donors (Lipinski definition) is 2. The van der Waals surface area contributed by atoms with Crippen LogP contribution in [0.5, 0.6) is 0 Å². The number of halogens is 1. The van der Waals surface area contributed by atoms with E-state index < -0.39 is 0 Å². The predicted octanol–water partition coefficient (Wildman–Crippen LogP) is 2.84. The zero-order valence-electron chi connectivity index (χ0n) is 12.9. The molecule has 4 heteroatoms. The monoisotopic (exact) mass is 317 g/mol. The summed E-state index contributed by atoms with van der Waals surface area (Å²) in [4.78, 5) is 12.1. The van der Waals surface area contributed by atoms with Crippen LogP contribution in [0.25, 0.3) is 0 Å². The molecule has 0 heterocycles. The zero-order chi connectivity index (χ0) is 15.9. The minimum Gasteiger partial charge on any atom is -0.345 e. The van der Waals surface area contributed by atoms with Crippen LogP contribution in [0.2, 0.25) is 5.02 Å². The number of quaternary nitrogens is 1. The molecule has 3 N–H and O–H groups in total. The van der Waals surface area contributed by atoms with E-state index in [-0.39, 0.29) is 18.0 Å². The number of rotatable bonds is 6. The summed E-state index contributed by atoms with van der Waals surface area (Å²) in [5.41, 5.74) is 2.27. The Morgan fingerprint density at radius 1 is 1.05 bits per heavy atom.